The maximum atomic E-state index is 13.1. The van der Waals surface area contributed by atoms with E-state index in [-0.39, 0.29) is 17.5 Å². The lowest BCUT2D eigenvalue weighted by molar-refractivity contribution is -0.146. The molecular formula is C22H20F3N7O2. The van der Waals surface area contributed by atoms with Crippen molar-refractivity contribution in [1.82, 2.24) is 24.8 Å². The Balaban J connectivity index is 1.11. The number of hydrogen-bond acceptors (Lipinski definition) is 7. The molecule has 1 amide bonds. The number of rotatable bonds is 4. The van der Waals surface area contributed by atoms with Crippen molar-refractivity contribution in [2.24, 2.45) is 5.92 Å². The van der Waals surface area contributed by atoms with Crippen molar-refractivity contribution in [3.63, 3.8) is 0 Å². The summed E-state index contributed by atoms with van der Waals surface area (Å²) in [4.78, 5) is 19.2. The van der Waals surface area contributed by atoms with Gasteiger partial charge >= 0.3 is 6.18 Å². The van der Waals surface area contributed by atoms with Crippen LogP contribution in [-0.4, -0.2) is 43.8 Å². The van der Waals surface area contributed by atoms with Gasteiger partial charge in [0.25, 0.3) is 5.82 Å². The second kappa shape index (κ2) is 7.67. The summed E-state index contributed by atoms with van der Waals surface area (Å²) in [5.74, 6) is 0.0936. The quantitative estimate of drug-likeness (QED) is 0.480. The number of hydrogen-bond donors (Lipinski definition) is 1. The molecule has 0 atom stereocenters. The van der Waals surface area contributed by atoms with E-state index in [9.17, 15) is 18.0 Å². The summed E-state index contributed by atoms with van der Waals surface area (Å²) in [6, 6.07) is 8.50. The summed E-state index contributed by atoms with van der Waals surface area (Å²) >= 11 is 0. The van der Waals surface area contributed by atoms with E-state index in [1.54, 1.807) is 12.1 Å². The highest BCUT2D eigenvalue weighted by molar-refractivity contribution is 5.94. The van der Waals surface area contributed by atoms with Crippen molar-refractivity contribution in [1.29, 1.82) is 0 Å². The maximum absolute atomic E-state index is 13.1. The fraction of sp³-hybridized carbons (Fsp3) is 0.409. The SMILES string of the molecule is O=C(Nc1ccc2oc(C3CC3)nc2c1)C1CCN(c2ccc3nnc(C(F)(F)F)n3n2)CC1. The maximum Gasteiger partial charge on any atom is 0.453 e. The summed E-state index contributed by atoms with van der Waals surface area (Å²) in [6.07, 6.45) is -1.34. The van der Waals surface area contributed by atoms with E-state index in [4.69, 9.17) is 4.42 Å². The molecule has 4 heterocycles. The molecule has 1 aromatic carbocycles. The molecule has 0 radical (unpaired) electrons. The van der Waals surface area contributed by atoms with Gasteiger partial charge in [-0.1, -0.05) is 0 Å². The van der Waals surface area contributed by atoms with Crippen LogP contribution in [0.2, 0.25) is 0 Å². The predicted octanol–water partition coefficient (Wildman–Crippen LogP) is 4.02. The fourth-order valence-electron chi connectivity index (χ4n) is 4.27. The largest absolute Gasteiger partial charge is 0.453 e. The number of benzene rings is 1. The third kappa shape index (κ3) is 3.82. The van der Waals surface area contributed by atoms with Crippen LogP contribution in [0.15, 0.2) is 34.7 Å². The molecule has 6 rings (SSSR count). The molecule has 176 valence electrons. The number of oxazole rings is 1. The zero-order valence-electron chi connectivity index (χ0n) is 17.9. The molecule has 1 saturated heterocycles. The minimum atomic E-state index is -4.65. The van der Waals surface area contributed by atoms with E-state index in [1.807, 2.05) is 17.0 Å². The predicted molar refractivity (Wildman–Crippen MR) is 115 cm³/mol. The lowest BCUT2D eigenvalue weighted by Gasteiger charge is -2.32. The molecule has 1 N–H and O–H groups in total. The monoisotopic (exact) mass is 471 g/mol. The number of fused-ring (bicyclic) bond motifs is 2. The van der Waals surface area contributed by atoms with E-state index < -0.39 is 12.0 Å². The van der Waals surface area contributed by atoms with Crippen molar-refractivity contribution in [3.8, 4) is 0 Å². The topological polar surface area (TPSA) is 101 Å². The van der Waals surface area contributed by atoms with E-state index in [2.05, 4.69) is 25.6 Å². The number of halogens is 3. The van der Waals surface area contributed by atoms with Crippen LogP contribution in [-0.2, 0) is 11.0 Å². The van der Waals surface area contributed by atoms with Crippen molar-refractivity contribution in [2.45, 2.75) is 37.8 Å². The van der Waals surface area contributed by atoms with Crippen molar-refractivity contribution < 1.29 is 22.4 Å². The first-order chi connectivity index (χ1) is 16.3. The summed E-state index contributed by atoms with van der Waals surface area (Å²) < 4.78 is 45.9. The molecule has 9 nitrogen and oxygen atoms in total. The molecule has 0 unspecified atom stereocenters. The first-order valence-corrected chi connectivity index (χ1v) is 11.1. The standard InChI is InChI=1S/C22H20F3N7O2/c23-22(24,25)21-29-28-17-5-6-18(30-32(17)21)31-9-7-12(8-10-31)19(33)26-14-3-4-16-15(11-14)27-20(34-16)13-1-2-13/h3-6,11-13H,1-2,7-10H2,(H,26,33). The molecule has 2 fully saturated rings. The highest BCUT2D eigenvalue weighted by Crippen LogP contribution is 2.40. The van der Waals surface area contributed by atoms with Crippen molar-refractivity contribution in [3.05, 3.63) is 42.0 Å². The van der Waals surface area contributed by atoms with Gasteiger partial charge in [-0.3, -0.25) is 4.79 Å². The number of nitrogens with one attached hydrogen (secondary N) is 1. The molecule has 2 aliphatic rings. The van der Waals surface area contributed by atoms with Gasteiger partial charge in [-0.05, 0) is 56.0 Å². The number of carbonyl (C=O) groups excluding carboxylic acids is 1. The Morgan fingerprint density at radius 3 is 2.59 bits per heavy atom. The number of nitrogens with zero attached hydrogens (tertiary/aromatic N) is 6. The number of anilines is 2. The minimum absolute atomic E-state index is 0.0265. The van der Waals surface area contributed by atoms with Gasteiger partial charge in [-0.25, -0.2) is 4.98 Å². The normalized spacial score (nSPS) is 17.6. The van der Waals surface area contributed by atoms with Crippen molar-refractivity contribution >= 4 is 34.2 Å². The molecular weight excluding hydrogens is 451 g/mol. The number of alkyl halides is 3. The molecule has 1 aliphatic carbocycles. The van der Waals surface area contributed by atoms with Crippen LogP contribution in [0.3, 0.4) is 0 Å². The van der Waals surface area contributed by atoms with E-state index in [0.29, 0.717) is 53.5 Å². The highest BCUT2D eigenvalue weighted by atomic mass is 19.4. The van der Waals surface area contributed by atoms with Crippen LogP contribution in [0.1, 0.15) is 43.3 Å². The summed E-state index contributed by atoms with van der Waals surface area (Å²) in [5, 5.41) is 13.8. The molecule has 0 spiro atoms. The molecule has 4 aromatic rings. The Kier molecular flexibility index (Phi) is 4.71. The zero-order valence-corrected chi connectivity index (χ0v) is 17.9. The Morgan fingerprint density at radius 1 is 1.06 bits per heavy atom. The van der Waals surface area contributed by atoms with Gasteiger partial charge in [0.1, 0.15) is 11.3 Å². The van der Waals surface area contributed by atoms with Crippen LogP contribution >= 0.6 is 0 Å². The van der Waals surface area contributed by atoms with Gasteiger partial charge in [0.2, 0.25) is 5.91 Å². The van der Waals surface area contributed by atoms with Gasteiger partial charge in [-0.2, -0.15) is 17.7 Å². The van der Waals surface area contributed by atoms with E-state index in [0.717, 1.165) is 24.2 Å². The Morgan fingerprint density at radius 2 is 1.85 bits per heavy atom. The van der Waals surface area contributed by atoms with Gasteiger partial charge in [0, 0.05) is 30.6 Å². The van der Waals surface area contributed by atoms with Gasteiger partial charge < -0.3 is 14.6 Å². The molecule has 12 heteroatoms. The summed E-state index contributed by atoms with van der Waals surface area (Å²) in [6.45, 7) is 0.986. The average Bonchev–Trinajstić information content (AvgIpc) is 3.43. The minimum Gasteiger partial charge on any atom is -0.440 e. The van der Waals surface area contributed by atoms with Crippen LogP contribution in [0.5, 0.6) is 0 Å². The van der Waals surface area contributed by atoms with Crippen LogP contribution < -0.4 is 10.2 Å². The molecule has 3 aromatic heterocycles. The van der Waals surface area contributed by atoms with Gasteiger partial charge in [0.05, 0.1) is 0 Å². The molecule has 1 saturated carbocycles. The van der Waals surface area contributed by atoms with E-state index in [1.165, 1.54) is 6.07 Å². The molecule has 1 aliphatic heterocycles. The number of aromatic nitrogens is 5. The van der Waals surface area contributed by atoms with Crippen LogP contribution in [0, 0.1) is 5.92 Å². The summed E-state index contributed by atoms with van der Waals surface area (Å²) in [7, 11) is 0. The number of carbonyl (C=O) groups is 1. The first kappa shape index (κ1) is 20.9. The smallest absolute Gasteiger partial charge is 0.440 e. The second-order valence-corrected chi connectivity index (χ2v) is 8.74. The number of amides is 1. The Hall–Kier alpha value is -3.70. The second-order valence-electron chi connectivity index (χ2n) is 8.74. The fourth-order valence-corrected chi connectivity index (χ4v) is 4.27. The first-order valence-electron chi connectivity index (χ1n) is 11.1. The zero-order chi connectivity index (χ0) is 23.4. The highest BCUT2D eigenvalue weighted by Gasteiger charge is 2.38. The Labute approximate surface area is 191 Å². The summed E-state index contributed by atoms with van der Waals surface area (Å²) in [5.41, 5.74) is 2.12. The van der Waals surface area contributed by atoms with Gasteiger partial charge in [-0.15, -0.1) is 15.3 Å². The lowest BCUT2D eigenvalue weighted by atomic mass is 9.96. The van der Waals surface area contributed by atoms with Crippen LogP contribution in [0.25, 0.3) is 16.7 Å². The average molecular weight is 471 g/mol. The van der Waals surface area contributed by atoms with Gasteiger partial charge in [0.15, 0.2) is 17.1 Å². The lowest BCUT2D eigenvalue weighted by Crippen LogP contribution is -2.38. The molecule has 34 heavy (non-hydrogen) atoms. The van der Waals surface area contributed by atoms with Crippen molar-refractivity contribution in [2.75, 3.05) is 23.3 Å². The van der Waals surface area contributed by atoms with Crippen LogP contribution in [0.4, 0.5) is 24.7 Å². The van der Waals surface area contributed by atoms with E-state index >= 15 is 0 Å². The Bertz CT molecular complexity index is 1380. The molecule has 0 bridgehead atoms. The third-order valence-corrected chi connectivity index (χ3v) is 6.29. The third-order valence-electron chi connectivity index (χ3n) is 6.29. The number of piperidine rings is 1.